The molecule has 4 unspecified atom stereocenters. The lowest BCUT2D eigenvalue weighted by Gasteiger charge is -2.28. The number of rotatable bonds is 12. The van der Waals surface area contributed by atoms with E-state index in [2.05, 4.69) is 20.4 Å². The molecule has 1 aromatic carbocycles. The van der Waals surface area contributed by atoms with Crippen LogP contribution in [0, 0.1) is 0 Å². The predicted octanol–water partition coefficient (Wildman–Crippen LogP) is 3.81. The average molecular weight is 657 g/mol. The van der Waals surface area contributed by atoms with Gasteiger partial charge in [-0.25, -0.2) is 18.3 Å². The van der Waals surface area contributed by atoms with Gasteiger partial charge in [0.1, 0.15) is 30.2 Å². The Bertz CT molecular complexity index is 1420. The van der Waals surface area contributed by atoms with Crippen LogP contribution in [0.2, 0.25) is 0 Å². The topological polar surface area (TPSA) is 181 Å². The van der Waals surface area contributed by atoms with E-state index in [0.29, 0.717) is 0 Å². The SMILES string of the molecule is CCOC1NC(N)=Nc2c1ncn2C1O[C@](F)(COP(=O)(NC(C)C(=O)OC2CCCCC2)Oc2ccccc2)[C@@H](O)[C@@]1(C)F. The zero-order valence-electron chi connectivity index (χ0n) is 25.2. The average Bonchev–Trinajstić information content (AvgIpc) is 3.50. The number of fused-ring (bicyclic) bond motifs is 1. The third-order valence-corrected chi connectivity index (χ3v) is 9.43. The number of nitrogens with one attached hydrogen (secondary N) is 2. The van der Waals surface area contributed by atoms with Gasteiger partial charge >= 0.3 is 13.7 Å². The lowest BCUT2D eigenvalue weighted by atomic mass is 9.97. The number of carbonyl (C=O) groups excluding carboxylic acids is 1. The molecule has 0 spiro atoms. The number of carbonyl (C=O) groups is 1. The summed E-state index contributed by atoms with van der Waals surface area (Å²) < 4.78 is 75.1. The second kappa shape index (κ2) is 13.3. The number of aliphatic hydroxyl groups is 1. The quantitative estimate of drug-likeness (QED) is 0.192. The molecule has 17 heteroatoms. The number of imidazole rings is 1. The number of aliphatic imine (C=N–C) groups is 1. The van der Waals surface area contributed by atoms with Crippen LogP contribution in [0.25, 0.3) is 0 Å². The van der Waals surface area contributed by atoms with Crippen molar-refractivity contribution >= 4 is 25.5 Å². The van der Waals surface area contributed by atoms with Crippen molar-refractivity contribution in [1.29, 1.82) is 0 Å². The van der Waals surface area contributed by atoms with Crippen LogP contribution in [0.3, 0.4) is 0 Å². The molecule has 14 nitrogen and oxygen atoms in total. The normalized spacial score (nSPS) is 30.4. The maximum absolute atomic E-state index is 16.4. The Balaban J connectivity index is 1.35. The van der Waals surface area contributed by atoms with Crippen molar-refractivity contribution in [2.24, 2.45) is 10.7 Å². The molecule has 7 atom stereocenters. The van der Waals surface area contributed by atoms with E-state index in [-0.39, 0.29) is 35.9 Å². The van der Waals surface area contributed by atoms with Gasteiger partial charge in [0, 0.05) is 6.61 Å². The number of halogens is 2. The molecule has 2 aliphatic heterocycles. The molecule has 0 radical (unpaired) electrons. The highest BCUT2D eigenvalue weighted by molar-refractivity contribution is 7.52. The van der Waals surface area contributed by atoms with Crippen LogP contribution in [0.1, 0.15) is 71.0 Å². The van der Waals surface area contributed by atoms with Crippen LogP contribution in [-0.4, -0.2) is 69.6 Å². The Morgan fingerprint density at radius 3 is 2.69 bits per heavy atom. The monoisotopic (exact) mass is 656 g/mol. The molecule has 1 saturated carbocycles. The number of nitrogens with two attached hydrogens (primary N) is 1. The maximum Gasteiger partial charge on any atom is 0.459 e. The van der Waals surface area contributed by atoms with Gasteiger partial charge in [-0.1, -0.05) is 24.6 Å². The van der Waals surface area contributed by atoms with Crippen molar-refractivity contribution in [3.8, 4) is 5.75 Å². The molecule has 1 aliphatic carbocycles. The second-order valence-corrected chi connectivity index (χ2v) is 13.1. The van der Waals surface area contributed by atoms with Crippen LogP contribution in [0.5, 0.6) is 5.75 Å². The fourth-order valence-electron chi connectivity index (χ4n) is 5.46. The smallest absolute Gasteiger partial charge is 0.459 e. The van der Waals surface area contributed by atoms with E-state index in [0.717, 1.165) is 49.9 Å². The minimum Gasteiger partial charge on any atom is -0.461 e. The lowest BCUT2D eigenvalue weighted by Crippen LogP contribution is -2.47. The Hall–Kier alpha value is -3.14. The molecular formula is C28H39F2N6O8P. The number of benzene rings is 1. The second-order valence-electron chi connectivity index (χ2n) is 11.4. The predicted molar refractivity (Wildman–Crippen MR) is 157 cm³/mol. The van der Waals surface area contributed by atoms with Crippen LogP contribution in [-0.2, 0) is 28.1 Å². The minimum atomic E-state index is -4.58. The molecule has 5 N–H and O–H groups in total. The first-order valence-electron chi connectivity index (χ1n) is 14.9. The summed E-state index contributed by atoms with van der Waals surface area (Å²) in [7, 11) is -4.58. The first kappa shape index (κ1) is 33.2. The largest absolute Gasteiger partial charge is 0.461 e. The van der Waals surface area contributed by atoms with E-state index in [9.17, 15) is 14.5 Å². The Labute approximate surface area is 259 Å². The van der Waals surface area contributed by atoms with Crippen molar-refractivity contribution in [1.82, 2.24) is 20.0 Å². The van der Waals surface area contributed by atoms with E-state index in [1.165, 1.54) is 19.1 Å². The molecule has 5 rings (SSSR count). The highest BCUT2D eigenvalue weighted by atomic mass is 31.2. The van der Waals surface area contributed by atoms with Gasteiger partial charge in [-0.05, 0) is 58.6 Å². The summed E-state index contributed by atoms with van der Waals surface area (Å²) in [4.78, 5) is 21.2. The highest BCUT2D eigenvalue weighted by Gasteiger charge is 2.65. The highest BCUT2D eigenvalue weighted by Crippen LogP contribution is 2.52. The van der Waals surface area contributed by atoms with Crippen LogP contribution in [0.15, 0.2) is 41.7 Å². The number of para-hydroxylation sites is 1. The summed E-state index contributed by atoms with van der Waals surface area (Å²) in [5.74, 6) is -3.89. The molecule has 1 saturated heterocycles. The number of guanidine groups is 1. The number of aromatic nitrogens is 2. The van der Waals surface area contributed by atoms with Crippen LogP contribution >= 0.6 is 7.75 Å². The molecule has 3 aliphatic rings. The molecule has 0 amide bonds. The van der Waals surface area contributed by atoms with E-state index in [4.69, 9.17) is 29.0 Å². The number of hydrogen-bond acceptors (Lipinski definition) is 12. The van der Waals surface area contributed by atoms with E-state index >= 15 is 8.78 Å². The standard InChI is InChI=1S/C28H39F2N6O8P/c1-4-40-22-20-21(33-26(31)34-22)36(16-32-20)25-27(3,29)24(38)28(30,43-25)15-41-45(39,44-19-13-9-6-10-14-19)35-17(2)23(37)42-18-11-7-5-8-12-18/h6,9-10,13-14,16-18,22,24-25,38H,4-5,7-8,11-12,15H2,1-3H3,(H,35,39)(H3,31,33,34)/t17?,22?,24-,25?,27+,28+,45?/m0/s1. The summed E-state index contributed by atoms with van der Waals surface area (Å²) in [6, 6.07) is 6.65. The van der Waals surface area contributed by atoms with Crippen molar-refractivity contribution in [2.45, 2.75) is 95.1 Å². The molecule has 2 aromatic rings. The Morgan fingerprint density at radius 1 is 1.29 bits per heavy atom. The summed E-state index contributed by atoms with van der Waals surface area (Å²) in [5.41, 5.74) is 3.35. The Morgan fingerprint density at radius 2 is 2.00 bits per heavy atom. The zero-order valence-corrected chi connectivity index (χ0v) is 26.1. The minimum absolute atomic E-state index is 0.0287. The number of aliphatic hydroxyl groups excluding tert-OH is 1. The van der Waals surface area contributed by atoms with E-state index in [1.807, 2.05) is 0 Å². The first-order chi connectivity index (χ1) is 21.3. The molecule has 248 valence electrons. The fraction of sp³-hybridized carbons (Fsp3) is 0.607. The fourth-order valence-corrected chi connectivity index (χ4v) is 6.97. The number of esters is 1. The van der Waals surface area contributed by atoms with Gasteiger partial charge in [0.2, 0.25) is 0 Å². The van der Waals surface area contributed by atoms with Crippen molar-refractivity contribution in [3.05, 3.63) is 42.4 Å². The third-order valence-electron chi connectivity index (χ3n) is 7.81. The molecule has 1 aromatic heterocycles. The van der Waals surface area contributed by atoms with Gasteiger partial charge in [-0.2, -0.15) is 10.1 Å². The molecule has 2 fully saturated rings. The zero-order chi connectivity index (χ0) is 32.4. The Kier molecular flexibility index (Phi) is 9.82. The summed E-state index contributed by atoms with van der Waals surface area (Å²) in [5, 5.41) is 16.1. The van der Waals surface area contributed by atoms with Crippen LogP contribution in [0.4, 0.5) is 14.6 Å². The lowest BCUT2D eigenvalue weighted by molar-refractivity contribution is -0.203. The van der Waals surface area contributed by atoms with Crippen LogP contribution < -0.4 is 20.7 Å². The number of alkyl halides is 2. The molecule has 3 heterocycles. The number of hydrogen-bond donors (Lipinski definition) is 4. The first-order valence-corrected chi connectivity index (χ1v) is 16.4. The van der Waals surface area contributed by atoms with Gasteiger partial charge < -0.3 is 34.9 Å². The van der Waals surface area contributed by atoms with E-state index in [1.54, 1.807) is 25.1 Å². The molecule has 0 bridgehead atoms. The van der Waals surface area contributed by atoms with Gasteiger partial charge in [0.15, 0.2) is 36.0 Å². The summed E-state index contributed by atoms with van der Waals surface area (Å²) in [6.07, 6.45) is 0.203. The summed E-state index contributed by atoms with van der Waals surface area (Å²) >= 11 is 0. The number of ether oxygens (including phenoxy) is 3. The van der Waals surface area contributed by atoms with Gasteiger partial charge in [0.05, 0.1) is 6.33 Å². The molecular weight excluding hydrogens is 617 g/mol. The summed E-state index contributed by atoms with van der Waals surface area (Å²) in [6.45, 7) is 3.12. The third kappa shape index (κ3) is 7.16. The maximum atomic E-state index is 16.4. The van der Waals surface area contributed by atoms with E-state index < -0.39 is 56.4 Å². The van der Waals surface area contributed by atoms with Gasteiger partial charge in [0.25, 0.3) is 5.85 Å². The van der Waals surface area contributed by atoms with Gasteiger partial charge in [-0.15, -0.1) is 0 Å². The number of nitrogens with zero attached hydrogens (tertiary/aromatic N) is 3. The molecule has 45 heavy (non-hydrogen) atoms. The van der Waals surface area contributed by atoms with Crippen molar-refractivity contribution in [2.75, 3.05) is 13.2 Å². The van der Waals surface area contributed by atoms with Gasteiger partial charge in [-0.3, -0.25) is 13.9 Å². The van der Waals surface area contributed by atoms with Crippen molar-refractivity contribution < 1.29 is 46.5 Å². The van der Waals surface area contributed by atoms with Crippen molar-refractivity contribution in [3.63, 3.8) is 0 Å².